The molecular weight excluding hydrogens is 259 g/mol. The molecule has 0 radical (unpaired) electrons. The summed E-state index contributed by atoms with van der Waals surface area (Å²) in [7, 11) is 0. The smallest absolute Gasteiger partial charge is 0.157 e. The summed E-state index contributed by atoms with van der Waals surface area (Å²) in [4.78, 5) is 0. The molecule has 1 atom stereocenters. The van der Waals surface area contributed by atoms with Gasteiger partial charge in [-0.2, -0.15) is 11.8 Å². The molecule has 1 aromatic carbocycles. The minimum atomic E-state index is 0.491. The quantitative estimate of drug-likeness (QED) is 0.599. The van der Waals surface area contributed by atoms with Gasteiger partial charge in [0.1, 0.15) is 5.02 Å². The van der Waals surface area contributed by atoms with Gasteiger partial charge in [0.15, 0.2) is 5.75 Å². The van der Waals surface area contributed by atoms with Gasteiger partial charge in [-0.1, -0.05) is 29.3 Å². The molecule has 1 unspecified atom stereocenters. The molecule has 1 aromatic rings. The van der Waals surface area contributed by atoms with Crippen LogP contribution in [0.4, 0.5) is 0 Å². The number of hydrogen-bond donors (Lipinski definition) is 0. The minimum absolute atomic E-state index is 0.491. The maximum atomic E-state index is 5.95. The topological polar surface area (TPSA) is 9.23 Å². The second-order valence-corrected chi connectivity index (χ2v) is 5.73. The Labute approximate surface area is 102 Å². The first-order valence-corrected chi connectivity index (χ1v) is 6.84. The number of benzene rings is 1. The Morgan fingerprint density at radius 3 is 3.00 bits per heavy atom. The SMILES string of the molecule is Clc1cccc(OSCC2CS2)c1Cl. The molecule has 1 fully saturated rings. The fourth-order valence-corrected chi connectivity index (χ4v) is 2.82. The summed E-state index contributed by atoms with van der Waals surface area (Å²) in [6.07, 6.45) is 0. The van der Waals surface area contributed by atoms with Crippen LogP contribution in [0.5, 0.6) is 5.75 Å². The van der Waals surface area contributed by atoms with E-state index in [-0.39, 0.29) is 0 Å². The van der Waals surface area contributed by atoms with Crippen molar-refractivity contribution >= 4 is 47.0 Å². The van der Waals surface area contributed by atoms with Crippen LogP contribution in [0.2, 0.25) is 10.0 Å². The zero-order valence-corrected chi connectivity index (χ0v) is 10.3. The van der Waals surface area contributed by atoms with Gasteiger partial charge in [0.2, 0.25) is 0 Å². The van der Waals surface area contributed by atoms with E-state index in [9.17, 15) is 0 Å². The van der Waals surface area contributed by atoms with Crippen molar-refractivity contribution in [3.63, 3.8) is 0 Å². The van der Waals surface area contributed by atoms with Crippen molar-refractivity contribution in [1.82, 2.24) is 0 Å². The van der Waals surface area contributed by atoms with Gasteiger partial charge in [-0.05, 0) is 12.1 Å². The van der Waals surface area contributed by atoms with Gasteiger partial charge < -0.3 is 4.18 Å². The zero-order chi connectivity index (χ0) is 9.97. The predicted molar refractivity (Wildman–Crippen MR) is 65.8 cm³/mol. The Morgan fingerprint density at radius 2 is 2.29 bits per heavy atom. The highest BCUT2D eigenvalue weighted by atomic mass is 35.5. The minimum Gasteiger partial charge on any atom is -0.424 e. The third-order valence-electron chi connectivity index (χ3n) is 1.72. The first kappa shape index (κ1) is 10.8. The summed E-state index contributed by atoms with van der Waals surface area (Å²) in [5.41, 5.74) is 0. The van der Waals surface area contributed by atoms with E-state index >= 15 is 0 Å². The van der Waals surface area contributed by atoms with Crippen LogP contribution in [0.25, 0.3) is 0 Å². The molecular formula is C9H8Cl2OS2. The van der Waals surface area contributed by atoms with Gasteiger partial charge in [-0.25, -0.2) is 0 Å². The molecule has 5 heteroatoms. The summed E-state index contributed by atoms with van der Waals surface area (Å²) in [6, 6.07) is 5.40. The predicted octanol–water partition coefficient (Wildman–Crippen LogP) is 4.14. The zero-order valence-electron chi connectivity index (χ0n) is 7.20. The van der Waals surface area contributed by atoms with Gasteiger partial charge in [0.25, 0.3) is 0 Å². The summed E-state index contributed by atoms with van der Waals surface area (Å²) < 4.78 is 5.46. The van der Waals surface area contributed by atoms with E-state index in [1.807, 2.05) is 23.9 Å². The normalized spacial score (nSPS) is 19.4. The molecule has 0 amide bonds. The Balaban J connectivity index is 1.90. The van der Waals surface area contributed by atoms with Crippen LogP contribution in [-0.4, -0.2) is 16.8 Å². The van der Waals surface area contributed by atoms with Gasteiger partial charge in [0.05, 0.1) is 17.1 Å². The van der Waals surface area contributed by atoms with Gasteiger partial charge in [0, 0.05) is 16.8 Å². The largest absolute Gasteiger partial charge is 0.424 e. The van der Waals surface area contributed by atoms with Crippen molar-refractivity contribution in [2.24, 2.45) is 0 Å². The molecule has 0 aliphatic carbocycles. The van der Waals surface area contributed by atoms with E-state index in [2.05, 4.69) is 0 Å². The maximum absolute atomic E-state index is 5.95. The highest BCUT2D eigenvalue weighted by Gasteiger charge is 2.22. The first-order chi connectivity index (χ1) is 6.77. The van der Waals surface area contributed by atoms with Crippen LogP contribution < -0.4 is 4.18 Å². The molecule has 1 aliphatic rings. The molecule has 1 aliphatic heterocycles. The van der Waals surface area contributed by atoms with Crippen molar-refractivity contribution in [2.45, 2.75) is 5.25 Å². The molecule has 0 N–H and O–H groups in total. The molecule has 0 aromatic heterocycles. The van der Waals surface area contributed by atoms with Crippen LogP contribution in [0.3, 0.4) is 0 Å². The highest BCUT2D eigenvalue weighted by molar-refractivity contribution is 8.08. The van der Waals surface area contributed by atoms with Crippen LogP contribution in [0.1, 0.15) is 0 Å². The number of hydrogen-bond acceptors (Lipinski definition) is 3. The van der Waals surface area contributed by atoms with Gasteiger partial charge >= 0.3 is 0 Å². The van der Waals surface area contributed by atoms with Crippen molar-refractivity contribution in [2.75, 3.05) is 11.5 Å². The average molecular weight is 267 g/mol. The summed E-state index contributed by atoms with van der Waals surface area (Å²) in [5.74, 6) is 2.91. The van der Waals surface area contributed by atoms with Crippen LogP contribution in [0, 0.1) is 0 Å². The number of halogens is 2. The lowest BCUT2D eigenvalue weighted by Crippen LogP contribution is -1.91. The van der Waals surface area contributed by atoms with Crippen LogP contribution >= 0.6 is 47.0 Å². The van der Waals surface area contributed by atoms with E-state index in [0.717, 1.165) is 11.0 Å². The molecule has 2 rings (SSSR count). The molecule has 0 bridgehead atoms. The van der Waals surface area contributed by atoms with Crippen molar-refractivity contribution < 1.29 is 4.18 Å². The Morgan fingerprint density at radius 1 is 1.50 bits per heavy atom. The maximum Gasteiger partial charge on any atom is 0.157 e. The summed E-state index contributed by atoms with van der Waals surface area (Å²) >= 11 is 15.2. The van der Waals surface area contributed by atoms with Crippen molar-refractivity contribution in [3.05, 3.63) is 28.2 Å². The Hall–Kier alpha value is 0.300. The molecule has 1 heterocycles. The van der Waals surface area contributed by atoms with E-state index < -0.39 is 0 Å². The molecule has 1 nitrogen and oxygen atoms in total. The Bertz CT molecular complexity index is 329. The standard InChI is InChI=1S/C9H8Cl2OS2/c10-7-2-1-3-8(9(7)11)12-14-5-6-4-13-6/h1-3,6H,4-5H2. The molecule has 1 saturated heterocycles. The molecule has 0 saturated carbocycles. The van der Waals surface area contributed by atoms with Gasteiger partial charge in [-0.3, -0.25) is 0 Å². The number of rotatable bonds is 4. The molecule has 76 valence electrons. The van der Waals surface area contributed by atoms with Crippen molar-refractivity contribution in [1.29, 1.82) is 0 Å². The molecule has 14 heavy (non-hydrogen) atoms. The van der Waals surface area contributed by atoms with E-state index in [4.69, 9.17) is 27.4 Å². The lowest BCUT2D eigenvalue weighted by atomic mass is 10.3. The lowest BCUT2D eigenvalue weighted by Gasteiger charge is -2.05. The van der Waals surface area contributed by atoms with Crippen LogP contribution in [0.15, 0.2) is 18.2 Å². The average Bonchev–Trinajstić information content (AvgIpc) is 2.96. The van der Waals surface area contributed by atoms with Crippen molar-refractivity contribution in [3.8, 4) is 5.75 Å². The van der Waals surface area contributed by atoms with Crippen LogP contribution in [-0.2, 0) is 0 Å². The second kappa shape index (κ2) is 4.88. The van der Waals surface area contributed by atoms with Gasteiger partial charge in [-0.15, -0.1) is 0 Å². The third kappa shape index (κ3) is 2.89. The second-order valence-electron chi connectivity index (χ2n) is 2.88. The monoisotopic (exact) mass is 266 g/mol. The fraction of sp³-hybridized carbons (Fsp3) is 0.333. The summed E-state index contributed by atoms with van der Waals surface area (Å²) in [5, 5.41) is 1.79. The molecule has 0 spiro atoms. The van der Waals surface area contributed by atoms with E-state index in [1.54, 1.807) is 6.07 Å². The fourth-order valence-electron chi connectivity index (χ4n) is 0.886. The third-order valence-corrected chi connectivity index (χ3v) is 4.54. The van der Waals surface area contributed by atoms with E-state index in [0.29, 0.717) is 15.8 Å². The number of thioether (sulfide) groups is 1. The summed E-state index contributed by atoms with van der Waals surface area (Å²) in [6.45, 7) is 0. The first-order valence-electron chi connectivity index (χ1n) is 4.12. The highest BCUT2D eigenvalue weighted by Crippen LogP contribution is 2.36. The van der Waals surface area contributed by atoms with E-state index in [1.165, 1.54) is 17.8 Å². The Kier molecular flexibility index (Phi) is 3.77. The lowest BCUT2D eigenvalue weighted by molar-refractivity contribution is 0.646.